The number of nitriles is 2. The molecule has 0 amide bonds. The van der Waals surface area contributed by atoms with E-state index in [2.05, 4.69) is 95.2 Å². The van der Waals surface area contributed by atoms with E-state index < -0.39 is 0 Å². The lowest BCUT2D eigenvalue weighted by Gasteiger charge is -2.31. The van der Waals surface area contributed by atoms with Gasteiger partial charge in [0.25, 0.3) is 0 Å². The van der Waals surface area contributed by atoms with Crippen molar-refractivity contribution in [3.63, 3.8) is 0 Å². The first kappa shape index (κ1) is 27.6. The Balaban J connectivity index is 4.18. The molecular weight excluding hydrogens is 445 g/mol. The largest absolute Gasteiger partial charge is 0.192 e. The van der Waals surface area contributed by atoms with Gasteiger partial charge in [-0.3, -0.25) is 0 Å². The Bertz CT molecular complexity index is 789. The van der Waals surface area contributed by atoms with Gasteiger partial charge in [-0.05, 0) is 0 Å². The fourth-order valence-corrected chi connectivity index (χ4v) is 7.48. The molecular formula is C24H36N2S4. The van der Waals surface area contributed by atoms with Gasteiger partial charge in [0.05, 0.1) is 11.1 Å². The van der Waals surface area contributed by atoms with Crippen LogP contribution in [0.2, 0.25) is 0 Å². The van der Waals surface area contributed by atoms with Crippen molar-refractivity contribution in [1.29, 1.82) is 10.5 Å². The normalized spacial score (nSPS) is 13.1. The summed E-state index contributed by atoms with van der Waals surface area (Å²) in [4.78, 5) is 4.19. The van der Waals surface area contributed by atoms with Gasteiger partial charge < -0.3 is 0 Å². The number of benzene rings is 1. The van der Waals surface area contributed by atoms with Crippen molar-refractivity contribution in [1.82, 2.24) is 0 Å². The Kier molecular flexibility index (Phi) is 8.86. The molecule has 166 valence electrons. The van der Waals surface area contributed by atoms with Crippen LogP contribution in [0.15, 0.2) is 19.6 Å². The van der Waals surface area contributed by atoms with Crippen LogP contribution in [-0.4, -0.2) is 19.0 Å². The summed E-state index contributed by atoms with van der Waals surface area (Å²) in [5.74, 6) is 0. The van der Waals surface area contributed by atoms with E-state index in [9.17, 15) is 10.5 Å². The molecule has 0 aliphatic rings. The molecule has 0 spiro atoms. The van der Waals surface area contributed by atoms with Crippen molar-refractivity contribution in [3.05, 3.63) is 11.1 Å². The summed E-state index contributed by atoms with van der Waals surface area (Å²) in [6.45, 7) is 26.2. The highest BCUT2D eigenvalue weighted by molar-refractivity contribution is 8.06. The van der Waals surface area contributed by atoms with E-state index >= 15 is 0 Å². The molecule has 0 saturated heterocycles. The summed E-state index contributed by atoms with van der Waals surface area (Å²) < 4.78 is -0.197. The first-order valence-corrected chi connectivity index (χ1v) is 13.3. The van der Waals surface area contributed by atoms with Gasteiger partial charge in [0.1, 0.15) is 12.1 Å². The zero-order valence-corrected chi connectivity index (χ0v) is 23.8. The van der Waals surface area contributed by atoms with Gasteiger partial charge in [-0.25, -0.2) is 0 Å². The molecule has 1 aromatic carbocycles. The molecule has 0 saturated carbocycles. The average molecular weight is 481 g/mol. The van der Waals surface area contributed by atoms with Gasteiger partial charge in [-0.15, -0.1) is 47.0 Å². The van der Waals surface area contributed by atoms with Crippen LogP contribution in [-0.2, 0) is 0 Å². The zero-order chi connectivity index (χ0) is 23.7. The molecule has 0 aliphatic carbocycles. The molecule has 0 radical (unpaired) electrons. The Hall–Kier alpha value is -0.400. The molecule has 0 aromatic heterocycles. The van der Waals surface area contributed by atoms with E-state index in [1.54, 1.807) is 23.5 Å². The molecule has 0 N–H and O–H groups in total. The minimum absolute atomic E-state index is 0.0229. The molecule has 0 bridgehead atoms. The Morgan fingerprint density at radius 2 is 0.633 bits per heavy atom. The predicted octanol–water partition coefficient (Wildman–Crippen LogP) is 8.99. The number of hydrogen-bond donors (Lipinski definition) is 0. The maximum Gasteiger partial charge on any atom is 0.102 e. The van der Waals surface area contributed by atoms with Crippen LogP contribution < -0.4 is 0 Å². The van der Waals surface area contributed by atoms with Gasteiger partial charge in [0.2, 0.25) is 0 Å². The van der Waals surface area contributed by atoms with Crippen LogP contribution in [0.4, 0.5) is 0 Å². The molecule has 0 atom stereocenters. The van der Waals surface area contributed by atoms with Gasteiger partial charge >= 0.3 is 0 Å². The molecule has 30 heavy (non-hydrogen) atoms. The van der Waals surface area contributed by atoms with Gasteiger partial charge in [-0.1, -0.05) is 83.1 Å². The van der Waals surface area contributed by atoms with Crippen LogP contribution in [0, 0.1) is 22.7 Å². The van der Waals surface area contributed by atoms with E-state index in [0.717, 1.165) is 19.6 Å². The number of thioether (sulfide) groups is 4. The minimum Gasteiger partial charge on any atom is -0.192 e. The second kappa shape index (κ2) is 9.62. The fourth-order valence-electron chi connectivity index (χ4n) is 2.48. The van der Waals surface area contributed by atoms with E-state index in [-0.39, 0.29) is 19.0 Å². The van der Waals surface area contributed by atoms with Crippen molar-refractivity contribution in [2.45, 2.75) is 122 Å². The average Bonchev–Trinajstić information content (AvgIpc) is 2.47. The molecule has 1 aromatic rings. The lowest BCUT2D eigenvalue weighted by Crippen LogP contribution is -2.16. The fraction of sp³-hybridized carbons (Fsp3) is 0.667. The van der Waals surface area contributed by atoms with Crippen LogP contribution >= 0.6 is 47.0 Å². The summed E-state index contributed by atoms with van der Waals surface area (Å²) >= 11 is 7.01. The third-order valence-electron chi connectivity index (χ3n) is 3.18. The molecule has 0 fully saturated rings. The first-order valence-electron chi connectivity index (χ1n) is 10.1. The summed E-state index contributed by atoms with van der Waals surface area (Å²) in [6, 6.07) is 4.80. The smallest absolute Gasteiger partial charge is 0.102 e. The molecule has 1 rings (SSSR count). The van der Waals surface area contributed by atoms with Crippen molar-refractivity contribution in [3.8, 4) is 12.1 Å². The van der Waals surface area contributed by atoms with E-state index in [1.807, 2.05) is 23.5 Å². The van der Waals surface area contributed by atoms with Crippen molar-refractivity contribution < 1.29 is 0 Å². The monoisotopic (exact) mass is 480 g/mol. The van der Waals surface area contributed by atoms with Crippen LogP contribution in [0.5, 0.6) is 0 Å². The highest BCUT2D eigenvalue weighted by Crippen LogP contribution is 2.55. The highest BCUT2D eigenvalue weighted by Gasteiger charge is 2.33. The van der Waals surface area contributed by atoms with Gasteiger partial charge in [0, 0.05) is 38.6 Å². The first-order chi connectivity index (χ1) is 13.3. The highest BCUT2D eigenvalue weighted by atomic mass is 32.2. The quantitative estimate of drug-likeness (QED) is 0.401. The number of rotatable bonds is 4. The molecule has 0 heterocycles. The van der Waals surface area contributed by atoms with Crippen molar-refractivity contribution >= 4 is 47.0 Å². The summed E-state index contributed by atoms with van der Waals surface area (Å²) in [5, 5.41) is 20.3. The summed E-state index contributed by atoms with van der Waals surface area (Å²) in [6.07, 6.45) is 0. The summed E-state index contributed by atoms with van der Waals surface area (Å²) in [5.41, 5.74) is 1.04. The molecule has 0 aliphatic heterocycles. The van der Waals surface area contributed by atoms with Crippen LogP contribution in [0.3, 0.4) is 0 Å². The molecule has 6 heteroatoms. The van der Waals surface area contributed by atoms with E-state index in [1.165, 1.54) is 0 Å². The number of hydrogen-bond acceptors (Lipinski definition) is 6. The Morgan fingerprint density at radius 1 is 0.433 bits per heavy atom. The second-order valence-corrected chi connectivity index (χ2v) is 18.5. The molecule has 2 nitrogen and oxygen atoms in total. The Labute approximate surface area is 201 Å². The summed E-state index contributed by atoms with van der Waals surface area (Å²) in [7, 11) is 0. The SMILES string of the molecule is CC(C)(C)Sc1c(C#N)c(C#N)c(SC(C)(C)C)c(SC(C)(C)C)c1SC(C)(C)C. The van der Waals surface area contributed by atoms with Gasteiger partial charge in [-0.2, -0.15) is 10.5 Å². The second-order valence-electron chi connectivity index (χ2n) is 11.1. The third-order valence-corrected chi connectivity index (χ3v) is 8.47. The minimum atomic E-state index is -0.0755. The topological polar surface area (TPSA) is 47.6 Å². The Morgan fingerprint density at radius 3 is 0.800 bits per heavy atom. The van der Waals surface area contributed by atoms with Crippen LogP contribution in [0.1, 0.15) is 94.2 Å². The lowest BCUT2D eigenvalue weighted by atomic mass is 10.1. The van der Waals surface area contributed by atoms with E-state index in [0.29, 0.717) is 11.1 Å². The number of nitrogens with zero attached hydrogens (tertiary/aromatic N) is 2. The van der Waals surface area contributed by atoms with Gasteiger partial charge in [0.15, 0.2) is 0 Å². The standard InChI is InChI=1S/C24H36N2S4/c1-21(2,3)27-17-15(13-25)16(14-26)18(28-22(4,5)6)20(30-24(10,11)12)19(17)29-23(7,8)9/h1-12H3. The maximum absolute atomic E-state index is 10.2. The van der Waals surface area contributed by atoms with Crippen LogP contribution in [0.25, 0.3) is 0 Å². The zero-order valence-electron chi connectivity index (χ0n) is 20.5. The third kappa shape index (κ3) is 8.62. The van der Waals surface area contributed by atoms with Crippen molar-refractivity contribution in [2.75, 3.05) is 0 Å². The maximum atomic E-state index is 10.2. The lowest BCUT2D eigenvalue weighted by molar-refractivity contribution is 0.776. The molecule has 0 unspecified atom stereocenters. The predicted molar refractivity (Wildman–Crippen MR) is 138 cm³/mol. The van der Waals surface area contributed by atoms with Crippen molar-refractivity contribution in [2.24, 2.45) is 0 Å². The van der Waals surface area contributed by atoms with E-state index in [4.69, 9.17) is 0 Å².